The van der Waals surface area contributed by atoms with Crippen LogP contribution in [0.4, 0.5) is 0 Å². The van der Waals surface area contributed by atoms with E-state index >= 15 is 0 Å². The van der Waals surface area contributed by atoms with Crippen molar-refractivity contribution in [2.75, 3.05) is 13.9 Å². The summed E-state index contributed by atoms with van der Waals surface area (Å²) in [5.41, 5.74) is 1.17. The summed E-state index contributed by atoms with van der Waals surface area (Å²) >= 11 is 0. The van der Waals surface area contributed by atoms with E-state index in [-0.39, 0.29) is 6.79 Å². The summed E-state index contributed by atoms with van der Waals surface area (Å²) in [6.45, 7) is 0.288. The SMILES string of the molecule is COc1cccc2c1c[n+](C)c1c3cc4c(cc3ccc21)OCO4. The number of aryl methyl sites for hydroxylation is 1. The van der Waals surface area contributed by atoms with Gasteiger partial charge in [0.25, 0.3) is 0 Å². The minimum Gasteiger partial charge on any atom is -0.496 e. The molecule has 0 radical (unpaired) electrons. The molecule has 1 aliphatic rings. The van der Waals surface area contributed by atoms with Gasteiger partial charge in [-0.3, -0.25) is 0 Å². The zero-order chi connectivity index (χ0) is 16.3. The predicted octanol–water partition coefficient (Wildman–Crippen LogP) is 3.71. The fourth-order valence-corrected chi connectivity index (χ4v) is 3.64. The monoisotopic (exact) mass is 318 g/mol. The maximum Gasteiger partial charge on any atom is 0.231 e. The molecule has 0 bridgehead atoms. The van der Waals surface area contributed by atoms with Gasteiger partial charge in [-0.1, -0.05) is 18.2 Å². The van der Waals surface area contributed by atoms with Crippen LogP contribution in [0.1, 0.15) is 0 Å². The van der Waals surface area contributed by atoms with Gasteiger partial charge < -0.3 is 14.2 Å². The lowest BCUT2D eigenvalue weighted by atomic mass is 10.0. The number of ether oxygens (including phenoxy) is 3. The molecule has 4 nitrogen and oxygen atoms in total. The van der Waals surface area contributed by atoms with Crippen LogP contribution in [0.15, 0.2) is 48.7 Å². The van der Waals surface area contributed by atoms with E-state index in [1.165, 1.54) is 16.3 Å². The van der Waals surface area contributed by atoms with Crippen molar-refractivity contribution in [3.8, 4) is 17.2 Å². The first-order chi connectivity index (χ1) is 11.8. The van der Waals surface area contributed by atoms with Gasteiger partial charge in [-0.25, -0.2) is 0 Å². The minimum atomic E-state index is 0.288. The van der Waals surface area contributed by atoms with Crippen LogP contribution in [-0.2, 0) is 7.05 Å². The molecule has 0 amide bonds. The molecule has 0 aliphatic carbocycles. The Bertz CT molecular complexity index is 1130. The van der Waals surface area contributed by atoms with Crippen molar-refractivity contribution in [1.29, 1.82) is 0 Å². The van der Waals surface area contributed by atoms with Crippen molar-refractivity contribution in [2.45, 2.75) is 0 Å². The van der Waals surface area contributed by atoms with Gasteiger partial charge in [-0.15, -0.1) is 0 Å². The highest BCUT2D eigenvalue weighted by Gasteiger charge is 2.20. The van der Waals surface area contributed by atoms with Crippen LogP contribution >= 0.6 is 0 Å². The normalized spacial score (nSPS) is 13.1. The maximum atomic E-state index is 5.57. The third-order valence-corrected chi connectivity index (χ3v) is 4.74. The molecule has 1 aliphatic heterocycles. The molecule has 0 saturated carbocycles. The molecule has 0 unspecified atom stereocenters. The van der Waals surface area contributed by atoms with E-state index in [9.17, 15) is 0 Å². The number of nitrogens with zero attached hydrogens (tertiary/aromatic N) is 1. The predicted molar refractivity (Wildman–Crippen MR) is 92.8 cm³/mol. The largest absolute Gasteiger partial charge is 0.496 e. The quantitative estimate of drug-likeness (QED) is 0.396. The van der Waals surface area contributed by atoms with Crippen LogP contribution in [-0.4, -0.2) is 13.9 Å². The summed E-state index contributed by atoms with van der Waals surface area (Å²) in [4.78, 5) is 0. The van der Waals surface area contributed by atoms with Crippen molar-refractivity contribution in [2.24, 2.45) is 7.05 Å². The molecule has 3 aromatic carbocycles. The summed E-state index contributed by atoms with van der Waals surface area (Å²) < 4.78 is 18.8. The van der Waals surface area contributed by atoms with Crippen LogP contribution in [0.2, 0.25) is 0 Å². The molecular formula is C20H16NO3+. The average Bonchev–Trinajstić information content (AvgIpc) is 3.06. The molecule has 24 heavy (non-hydrogen) atoms. The highest BCUT2D eigenvalue weighted by Crippen LogP contribution is 2.39. The van der Waals surface area contributed by atoms with Crippen molar-refractivity contribution in [3.05, 3.63) is 48.7 Å². The second-order valence-corrected chi connectivity index (χ2v) is 6.05. The van der Waals surface area contributed by atoms with Crippen LogP contribution < -0.4 is 18.8 Å². The molecule has 0 atom stereocenters. The Hall–Kier alpha value is -3.01. The molecule has 0 fully saturated rings. The molecule has 5 rings (SSSR count). The zero-order valence-electron chi connectivity index (χ0n) is 13.5. The molecule has 0 spiro atoms. The van der Waals surface area contributed by atoms with Crippen LogP contribution in [0.5, 0.6) is 17.2 Å². The van der Waals surface area contributed by atoms with Gasteiger partial charge in [0, 0.05) is 5.39 Å². The van der Waals surface area contributed by atoms with Crippen LogP contribution in [0.3, 0.4) is 0 Å². The standard InChI is InChI=1S/C20H16NO3/c1-21-10-16-13(4-3-5-17(16)22-2)14-7-6-12-8-18-19(24-11-23-18)9-15(12)20(14)21/h3-10H,11H2,1-2H3/q+1. The second kappa shape index (κ2) is 4.74. The summed E-state index contributed by atoms with van der Waals surface area (Å²) in [5, 5.41) is 5.78. The third kappa shape index (κ3) is 1.71. The van der Waals surface area contributed by atoms with Gasteiger partial charge in [-0.2, -0.15) is 4.57 Å². The van der Waals surface area contributed by atoms with E-state index in [0.717, 1.165) is 33.4 Å². The average molecular weight is 318 g/mol. The Morgan fingerprint density at radius 3 is 2.58 bits per heavy atom. The number of fused-ring (bicyclic) bond motifs is 6. The zero-order valence-corrected chi connectivity index (χ0v) is 13.5. The maximum absolute atomic E-state index is 5.57. The molecule has 4 heteroatoms. The van der Waals surface area contributed by atoms with Crippen molar-refractivity contribution < 1.29 is 18.8 Å². The molecule has 1 aromatic heterocycles. The number of benzene rings is 3. The van der Waals surface area contributed by atoms with Gasteiger partial charge in [0.05, 0.1) is 23.3 Å². The first kappa shape index (κ1) is 13.4. The summed E-state index contributed by atoms with van der Waals surface area (Å²) in [6, 6.07) is 14.6. The molecule has 2 heterocycles. The van der Waals surface area contributed by atoms with E-state index in [1.54, 1.807) is 7.11 Å². The lowest BCUT2D eigenvalue weighted by Crippen LogP contribution is -2.28. The van der Waals surface area contributed by atoms with Gasteiger partial charge in [-0.05, 0) is 29.7 Å². The van der Waals surface area contributed by atoms with Crippen LogP contribution in [0, 0.1) is 0 Å². The Morgan fingerprint density at radius 1 is 0.917 bits per heavy atom. The smallest absolute Gasteiger partial charge is 0.231 e. The van der Waals surface area contributed by atoms with E-state index in [0.29, 0.717) is 0 Å². The number of hydrogen-bond acceptors (Lipinski definition) is 3. The van der Waals surface area contributed by atoms with E-state index in [2.05, 4.69) is 42.1 Å². The van der Waals surface area contributed by atoms with Gasteiger partial charge in [0.15, 0.2) is 17.7 Å². The van der Waals surface area contributed by atoms with Crippen molar-refractivity contribution in [1.82, 2.24) is 0 Å². The van der Waals surface area contributed by atoms with E-state index < -0.39 is 0 Å². The Labute approximate surface area is 138 Å². The Morgan fingerprint density at radius 2 is 1.75 bits per heavy atom. The molecule has 0 saturated heterocycles. The van der Waals surface area contributed by atoms with E-state index in [1.807, 2.05) is 18.2 Å². The van der Waals surface area contributed by atoms with Gasteiger partial charge >= 0.3 is 0 Å². The third-order valence-electron chi connectivity index (χ3n) is 4.74. The first-order valence-electron chi connectivity index (χ1n) is 7.88. The van der Waals surface area contributed by atoms with Crippen molar-refractivity contribution in [3.63, 3.8) is 0 Å². The number of rotatable bonds is 1. The number of hydrogen-bond donors (Lipinski definition) is 0. The summed E-state index contributed by atoms with van der Waals surface area (Å²) in [6.07, 6.45) is 2.13. The summed E-state index contributed by atoms with van der Waals surface area (Å²) in [5.74, 6) is 2.50. The van der Waals surface area contributed by atoms with E-state index in [4.69, 9.17) is 14.2 Å². The fraction of sp³-hybridized carbons (Fsp3) is 0.150. The second-order valence-electron chi connectivity index (χ2n) is 6.05. The summed E-state index contributed by atoms with van der Waals surface area (Å²) in [7, 11) is 3.78. The number of pyridine rings is 1. The van der Waals surface area contributed by atoms with Gasteiger partial charge in [0.1, 0.15) is 12.8 Å². The molecule has 4 aromatic rings. The number of methoxy groups -OCH3 is 1. The lowest BCUT2D eigenvalue weighted by Gasteiger charge is -2.09. The fourth-order valence-electron chi connectivity index (χ4n) is 3.64. The highest BCUT2D eigenvalue weighted by atomic mass is 16.7. The first-order valence-corrected chi connectivity index (χ1v) is 7.88. The van der Waals surface area contributed by atoms with Crippen molar-refractivity contribution >= 4 is 32.4 Å². The molecule has 0 N–H and O–H groups in total. The van der Waals surface area contributed by atoms with Gasteiger partial charge in [0.2, 0.25) is 12.3 Å². The lowest BCUT2D eigenvalue weighted by molar-refractivity contribution is -0.642. The highest BCUT2D eigenvalue weighted by molar-refractivity contribution is 6.14. The topological polar surface area (TPSA) is 31.6 Å². The molecular weight excluding hydrogens is 302 g/mol. The van der Waals surface area contributed by atoms with Crippen LogP contribution in [0.25, 0.3) is 32.4 Å². The Kier molecular flexibility index (Phi) is 2.65. The minimum absolute atomic E-state index is 0.288. The number of aromatic nitrogens is 1. The Balaban J connectivity index is 1.98. The molecule has 118 valence electrons.